The molecule has 7 heteroatoms. The maximum absolute atomic E-state index is 13.9. The molecule has 0 spiro atoms. The summed E-state index contributed by atoms with van der Waals surface area (Å²) in [6.07, 6.45) is -0.119. The van der Waals surface area contributed by atoms with E-state index in [2.05, 4.69) is 10.3 Å². The number of hydrogen-bond acceptors (Lipinski definition) is 4. The molecule has 1 N–H and O–H groups in total. The largest absolute Gasteiger partial charge is 0.497 e. The molecule has 2 aromatic rings. The van der Waals surface area contributed by atoms with Gasteiger partial charge in [0.25, 0.3) is 0 Å². The highest BCUT2D eigenvalue weighted by Crippen LogP contribution is 2.32. The summed E-state index contributed by atoms with van der Waals surface area (Å²) in [4.78, 5) is 4.42. The smallest absolute Gasteiger partial charge is 0.341 e. The van der Waals surface area contributed by atoms with Gasteiger partial charge >= 0.3 is 5.38 Å². The third-order valence-corrected chi connectivity index (χ3v) is 4.36. The van der Waals surface area contributed by atoms with E-state index in [-0.39, 0.29) is 18.4 Å². The minimum atomic E-state index is -3.46. The standard InChI is InChI=1S/C19H19ClF2N2O2/c1-25-15-9-7-14(8-10-15)23-17(19(20,21)22)11-18-24-16(12-26-18)13-5-3-2-4-6-13/h2-10,16-17,23H,11-12H2,1H3/t16-,17+/m0/s1. The number of ether oxygens (including phenoxy) is 2. The van der Waals surface area contributed by atoms with E-state index in [0.717, 1.165) is 5.56 Å². The number of benzene rings is 2. The summed E-state index contributed by atoms with van der Waals surface area (Å²) in [5.74, 6) is 0.907. The van der Waals surface area contributed by atoms with Crippen LogP contribution in [0.15, 0.2) is 59.6 Å². The van der Waals surface area contributed by atoms with Gasteiger partial charge in [-0.1, -0.05) is 30.3 Å². The normalized spacial score (nSPS) is 18.0. The summed E-state index contributed by atoms with van der Waals surface area (Å²) in [7, 11) is 1.54. The van der Waals surface area contributed by atoms with Crippen molar-refractivity contribution in [2.75, 3.05) is 19.0 Å². The van der Waals surface area contributed by atoms with Crippen LogP contribution in [0.4, 0.5) is 14.5 Å². The van der Waals surface area contributed by atoms with Crippen LogP contribution in [0.1, 0.15) is 18.0 Å². The Morgan fingerprint density at radius 3 is 2.54 bits per heavy atom. The quantitative estimate of drug-likeness (QED) is 0.697. The lowest BCUT2D eigenvalue weighted by molar-refractivity contribution is 0.0738. The summed E-state index contributed by atoms with van der Waals surface area (Å²) in [6, 6.07) is 14.7. The number of rotatable bonds is 7. The lowest BCUT2D eigenvalue weighted by Crippen LogP contribution is -2.37. The molecule has 26 heavy (non-hydrogen) atoms. The van der Waals surface area contributed by atoms with Gasteiger partial charge in [0, 0.05) is 5.69 Å². The second-order valence-electron chi connectivity index (χ2n) is 5.93. The first-order valence-corrected chi connectivity index (χ1v) is 8.55. The first-order valence-electron chi connectivity index (χ1n) is 8.17. The van der Waals surface area contributed by atoms with Crippen molar-refractivity contribution in [1.82, 2.24) is 0 Å². The predicted molar refractivity (Wildman–Crippen MR) is 98.4 cm³/mol. The summed E-state index contributed by atoms with van der Waals surface area (Å²) < 4.78 is 38.3. The SMILES string of the molecule is COc1ccc(N[C@H](CC2=N[C@H](c3ccccc3)CO2)C(F)(F)Cl)cc1. The van der Waals surface area contributed by atoms with E-state index >= 15 is 0 Å². The van der Waals surface area contributed by atoms with Crippen LogP contribution in [-0.2, 0) is 4.74 Å². The van der Waals surface area contributed by atoms with Crippen molar-refractivity contribution >= 4 is 23.2 Å². The van der Waals surface area contributed by atoms with Crippen molar-refractivity contribution in [3.63, 3.8) is 0 Å². The van der Waals surface area contributed by atoms with Gasteiger partial charge in [-0.2, -0.15) is 8.78 Å². The van der Waals surface area contributed by atoms with Crippen LogP contribution in [-0.4, -0.2) is 31.0 Å². The van der Waals surface area contributed by atoms with E-state index in [9.17, 15) is 8.78 Å². The molecule has 0 fully saturated rings. The summed E-state index contributed by atoms with van der Waals surface area (Å²) in [6.45, 7) is 0.336. The molecule has 0 saturated heterocycles. The average Bonchev–Trinajstić information content (AvgIpc) is 3.10. The highest BCUT2D eigenvalue weighted by molar-refractivity contribution is 6.22. The number of hydrogen-bond donors (Lipinski definition) is 1. The Bertz CT molecular complexity index is 748. The van der Waals surface area contributed by atoms with Gasteiger partial charge < -0.3 is 14.8 Å². The van der Waals surface area contributed by atoms with Crippen molar-refractivity contribution < 1.29 is 18.3 Å². The first-order chi connectivity index (χ1) is 12.5. The van der Waals surface area contributed by atoms with E-state index in [0.29, 0.717) is 18.0 Å². The number of halogens is 3. The zero-order chi connectivity index (χ0) is 18.6. The Hall–Kier alpha value is -2.34. The van der Waals surface area contributed by atoms with Gasteiger partial charge in [-0.25, -0.2) is 4.99 Å². The molecule has 0 aliphatic carbocycles. The van der Waals surface area contributed by atoms with E-state index < -0.39 is 11.4 Å². The number of nitrogens with zero attached hydrogens (tertiary/aromatic N) is 1. The van der Waals surface area contributed by atoms with Gasteiger partial charge in [-0.05, 0) is 41.4 Å². The van der Waals surface area contributed by atoms with Crippen molar-refractivity contribution in [3.8, 4) is 5.75 Å². The average molecular weight is 381 g/mol. The number of aliphatic imine (C=N–C) groups is 1. The molecule has 0 bridgehead atoms. The molecule has 2 atom stereocenters. The highest BCUT2D eigenvalue weighted by Gasteiger charge is 2.39. The Kier molecular flexibility index (Phi) is 5.61. The van der Waals surface area contributed by atoms with Crippen LogP contribution in [0.25, 0.3) is 0 Å². The molecular formula is C19H19ClF2N2O2. The fourth-order valence-electron chi connectivity index (χ4n) is 2.69. The maximum Gasteiger partial charge on any atom is 0.341 e. The summed E-state index contributed by atoms with van der Waals surface area (Å²) in [5.41, 5.74) is 1.49. The molecule has 0 aromatic heterocycles. The second-order valence-corrected chi connectivity index (χ2v) is 6.44. The maximum atomic E-state index is 13.9. The molecule has 0 unspecified atom stereocenters. The van der Waals surface area contributed by atoms with Gasteiger partial charge in [0.05, 0.1) is 13.5 Å². The third-order valence-electron chi connectivity index (χ3n) is 4.10. The van der Waals surface area contributed by atoms with Crippen LogP contribution < -0.4 is 10.1 Å². The molecule has 138 valence electrons. The van der Waals surface area contributed by atoms with Crippen LogP contribution >= 0.6 is 11.6 Å². The number of alkyl halides is 3. The van der Waals surface area contributed by atoms with Crippen LogP contribution in [0, 0.1) is 0 Å². The van der Waals surface area contributed by atoms with Crippen LogP contribution in [0.2, 0.25) is 0 Å². The molecule has 4 nitrogen and oxygen atoms in total. The molecule has 1 heterocycles. The number of nitrogens with one attached hydrogen (secondary N) is 1. The van der Waals surface area contributed by atoms with Gasteiger partial charge in [0.15, 0.2) is 5.90 Å². The van der Waals surface area contributed by atoms with E-state index in [1.54, 1.807) is 24.3 Å². The molecule has 2 aromatic carbocycles. The van der Waals surface area contributed by atoms with Crippen LogP contribution in [0.3, 0.4) is 0 Å². The molecular weight excluding hydrogens is 362 g/mol. The fraction of sp³-hybridized carbons (Fsp3) is 0.316. The van der Waals surface area contributed by atoms with Crippen molar-refractivity contribution in [2.24, 2.45) is 4.99 Å². The topological polar surface area (TPSA) is 42.8 Å². The third kappa shape index (κ3) is 4.64. The summed E-state index contributed by atoms with van der Waals surface area (Å²) >= 11 is 5.31. The van der Waals surface area contributed by atoms with Crippen molar-refractivity contribution in [2.45, 2.75) is 23.9 Å². The molecule has 0 radical (unpaired) electrons. The second kappa shape index (κ2) is 7.91. The Morgan fingerprint density at radius 2 is 1.92 bits per heavy atom. The Balaban J connectivity index is 1.70. The van der Waals surface area contributed by atoms with Crippen molar-refractivity contribution in [3.05, 3.63) is 60.2 Å². The van der Waals surface area contributed by atoms with Gasteiger partial charge in [-0.15, -0.1) is 0 Å². The van der Waals surface area contributed by atoms with Gasteiger partial charge in [0.2, 0.25) is 0 Å². The van der Waals surface area contributed by atoms with Crippen LogP contribution in [0.5, 0.6) is 5.75 Å². The van der Waals surface area contributed by atoms with Crippen molar-refractivity contribution in [1.29, 1.82) is 0 Å². The molecule has 0 saturated carbocycles. The molecule has 1 aliphatic heterocycles. The lowest BCUT2D eigenvalue weighted by Gasteiger charge is -2.23. The molecule has 3 rings (SSSR count). The Morgan fingerprint density at radius 1 is 1.23 bits per heavy atom. The fourth-order valence-corrected chi connectivity index (χ4v) is 2.82. The van der Waals surface area contributed by atoms with E-state index in [1.807, 2.05) is 30.3 Å². The van der Waals surface area contributed by atoms with E-state index in [1.165, 1.54) is 7.11 Å². The minimum Gasteiger partial charge on any atom is -0.497 e. The lowest BCUT2D eigenvalue weighted by atomic mass is 10.1. The Labute approximate surface area is 155 Å². The zero-order valence-corrected chi connectivity index (χ0v) is 14.9. The highest BCUT2D eigenvalue weighted by atomic mass is 35.5. The molecule has 1 aliphatic rings. The number of methoxy groups -OCH3 is 1. The predicted octanol–water partition coefficient (Wildman–Crippen LogP) is 4.87. The zero-order valence-electron chi connectivity index (χ0n) is 14.2. The first kappa shape index (κ1) is 18.5. The van der Waals surface area contributed by atoms with Gasteiger partial charge in [0.1, 0.15) is 24.4 Å². The monoisotopic (exact) mass is 380 g/mol. The number of anilines is 1. The summed E-state index contributed by atoms with van der Waals surface area (Å²) in [5, 5.41) is -0.708. The van der Waals surface area contributed by atoms with E-state index in [4.69, 9.17) is 21.1 Å². The minimum absolute atomic E-state index is 0.119. The molecule has 0 amide bonds. The van der Waals surface area contributed by atoms with Gasteiger partial charge in [-0.3, -0.25) is 0 Å².